The van der Waals surface area contributed by atoms with Crippen molar-refractivity contribution in [1.29, 1.82) is 0 Å². The SMILES string of the molecule is COCCCCOC1(CN)CCOCC1. The van der Waals surface area contributed by atoms with E-state index in [0.717, 1.165) is 52.1 Å². The first-order valence-corrected chi connectivity index (χ1v) is 5.74. The summed E-state index contributed by atoms with van der Waals surface area (Å²) in [6.07, 6.45) is 3.94. The fourth-order valence-electron chi connectivity index (χ4n) is 1.79. The molecule has 0 amide bonds. The lowest BCUT2D eigenvalue weighted by Crippen LogP contribution is -2.45. The van der Waals surface area contributed by atoms with E-state index in [9.17, 15) is 0 Å². The quantitative estimate of drug-likeness (QED) is 0.645. The van der Waals surface area contributed by atoms with Crippen molar-refractivity contribution in [3.8, 4) is 0 Å². The Morgan fingerprint density at radius 3 is 2.47 bits per heavy atom. The molecule has 0 aromatic rings. The predicted octanol–water partition coefficient (Wildman–Crippen LogP) is 0.937. The van der Waals surface area contributed by atoms with Crippen LogP contribution in [0.5, 0.6) is 0 Å². The van der Waals surface area contributed by atoms with Crippen molar-refractivity contribution in [2.75, 3.05) is 40.1 Å². The molecule has 1 aliphatic rings. The first-order valence-electron chi connectivity index (χ1n) is 5.74. The fourth-order valence-corrected chi connectivity index (χ4v) is 1.79. The van der Waals surface area contributed by atoms with Gasteiger partial charge in [0.05, 0.1) is 5.60 Å². The average Bonchev–Trinajstić information content (AvgIpc) is 2.30. The van der Waals surface area contributed by atoms with E-state index >= 15 is 0 Å². The van der Waals surface area contributed by atoms with Gasteiger partial charge in [-0.2, -0.15) is 0 Å². The number of unbranched alkanes of at least 4 members (excludes halogenated alkanes) is 1. The zero-order valence-electron chi connectivity index (χ0n) is 9.67. The van der Waals surface area contributed by atoms with Gasteiger partial charge < -0.3 is 19.9 Å². The summed E-state index contributed by atoms with van der Waals surface area (Å²) in [5, 5.41) is 0. The van der Waals surface area contributed by atoms with Gasteiger partial charge in [0.25, 0.3) is 0 Å². The van der Waals surface area contributed by atoms with E-state index in [1.807, 2.05) is 0 Å². The largest absolute Gasteiger partial charge is 0.385 e. The van der Waals surface area contributed by atoms with Crippen LogP contribution in [0, 0.1) is 0 Å². The molecule has 0 spiro atoms. The van der Waals surface area contributed by atoms with Crippen LogP contribution in [-0.4, -0.2) is 45.7 Å². The number of hydrogen-bond donors (Lipinski definition) is 1. The van der Waals surface area contributed by atoms with Gasteiger partial charge in [0.2, 0.25) is 0 Å². The molecule has 2 N–H and O–H groups in total. The van der Waals surface area contributed by atoms with E-state index in [0.29, 0.717) is 6.54 Å². The Morgan fingerprint density at radius 1 is 1.20 bits per heavy atom. The lowest BCUT2D eigenvalue weighted by atomic mass is 9.94. The van der Waals surface area contributed by atoms with E-state index in [2.05, 4.69) is 0 Å². The molecule has 1 saturated heterocycles. The molecule has 4 nitrogen and oxygen atoms in total. The van der Waals surface area contributed by atoms with Gasteiger partial charge in [-0.25, -0.2) is 0 Å². The zero-order chi connectivity index (χ0) is 11.0. The molecular formula is C11H23NO3. The van der Waals surface area contributed by atoms with Crippen LogP contribution in [0.4, 0.5) is 0 Å². The van der Waals surface area contributed by atoms with Gasteiger partial charge in [-0.3, -0.25) is 0 Å². The van der Waals surface area contributed by atoms with Gasteiger partial charge in [0, 0.05) is 52.9 Å². The summed E-state index contributed by atoms with van der Waals surface area (Å²) >= 11 is 0. The minimum atomic E-state index is -0.120. The maximum Gasteiger partial charge on any atom is 0.0847 e. The molecular weight excluding hydrogens is 194 g/mol. The molecule has 0 atom stereocenters. The standard InChI is InChI=1S/C11H23NO3/c1-13-6-2-3-7-15-11(10-12)4-8-14-9-5-11/h2-10,12H2,1H3. The Balaban J connectivity index is 2.15. The van der Waals surface area contributed by atoms with Crippen molar-refractivity contribution in [3.63, 3.8) is 0 Å². The van der Waals surface area contributed by atoms with Crippen molar-refractivity contribution in [2.45, 2.75) is 31.3 Å². The fraction of sp³-hybridized carbons (Fsp3) is 1.00. The molecule has 90 valence electrons. The number of hydrogen-bond acceptors (Lipinski definition) is 4. The molecule has 1 rings (SSSR count). The molecule has 0 aromatic carbocycles. The third kappa shape index (κ3) is 4.47. The lowest BCUT2D eigenvalue weighted by Gasteiger charge is -2.36. The summed E-state index contributed by atoms with van der Waals surface area (Å²) in [5.74, 6) is 0. The molecule has 0 saturated carbocycles. The topological polar surface area (TPSA) is 53.7 Å². The van der Waals surface area contributed by atoms with Crippen LogP contribution in [0.3, 0.4) is 0 Å². The van der Waals surface area contributed by atoms with Crippen LogP contribution in [-0.2, 0) is 14.2 Å². The molecule has 1 heterocycles. The maximum absolute atomic E-state index is 5.91. The predicted molar refractivity (Wildman–Crippen MR) is 58.9 cm³/mol. The van der Waals surface area contributed by atoms with Crippen LogP contribution in [0.1, 0.15) is 25.7 Å². The highest BCUT2D eigenvalue weighted by atomic mass is 16.5. The molecule has 1 aliphatic heterocycles. The molecule has 0 aliphatic carbocycles. The van der Waals surface area contributed by atoms with Gasteiger partial charge in [-0.15, -0.1) is 0 Å². The molecule has 4 heteroatoms. The van der Waals surface area contributed by atoms with Crippen molar-refractivity contribution in [2.24, 2.45) is 5.73 Å². The van der Waals surface area contributed by atoms with E-state index in [-0.39, 0.29) is 5.60 Å². The smallest absolute Gasteiger partial charge is 0.0847 e. The number of rotatable bonds is 7. The van der Waals surface area contributed by atoms with Crippen molar-refractivity contribution >= 4 is 0 Å². The second-order valence-electron chi connectivity index (χ2n) is 4.05. The number of methoxy groups -OCH3 is 1. The zero-order valence-corrected chi connectivity index (χ0v) is 9.67. The van der Waals surface area contributed by atoms with Crippen molar-refractivity contribution in [1.82, 2.24) is 0 Å². The van der Waals surface area contributed by atoms with Gasteiger partial charge >= 0.3 is 0 Å². The Morgan fingerprint density at radius 2 is 1.87 bits per heavy atom. The van der Waals surface area contributed by atoms with E-state index in [1.54, 1.807) is 7.11 Å². The molecule has 0 unspecified atom stereocenters. The first-order chi connectivity index (χ1) is 7.33. The highest BCUT2D eigenvalue weighted by molar-refractivity contribution is 4.84. The van der Waals surface area contributed by atoms with Crippen molar-refractivity contribution < 1.29 is 14.2 Å². The normalized spacial score (nSPS) is 20.4. The molecule has 1 fully saturated rings. The van der Waals surface area contributed by atoms with E-state index in [4.69, 9.17) is 19.9 Å². The number of nitrogens with two attached hydrogens (primary N) is 1. The summed E-state index contributed by atoms with van der Waals surface area (Å²) < 4.78 is 16.2. The highest BCUT2D eigenvalue weighted by Gasteiger charge is 2.31. The average molecular weight is 217 g/mol. The van der Waals surface area contributed by atoms with Crippen LogP contribution in [0.15, 0.2) is 0 Å². The summed E-state index contributed by atoms with van der Waals surface area (Å²) in [7, 11) is 1.72. The highest BCUT2D eigenvalue weighted by Crippen LogP contribution is 2.24. The minimum Gasteiger partial charge on any atom is -0.385 e. The van der Waals surface area contributed by atoms with Crippen LogP contribution < -0.4 is 5.73 Å². The van der Waals surface area contributed by atoms with Gasteiger partial charge in [-0.1, -0.05) is 0 Å². The third-order valence-electron chi connectivity index (χ3n) is 2.93. The summed E-state index contributed by atoms with van der Waals surface area (Å²) in [4.78, 5) is 0. The summed E-state index contributed by atoms with van der Waals surface area (Å²) in [5.41, 5.74) is 5.65. The Kier molecular flexibility index (Phi) is 6.17. The third-order valence-corrected chi connectivity index (χ3v) is 2.93. The monoisotopic (exact) mass is 217 g/mol. The van der Waals surface area contributed by atoms with Crippen molar-refractivity contribution in [3.05, 3.63) is 0 Å². The van der Waals surface area contributed by atoms with E-state index in [1.165, 1.54) is 0 Å². The van der Waals surface area contributed by atoms with Crippen LogP contribution in [0.2, 0.25) is 0 Å². The Hall–Kier alpha value is -0.160. The van der Waals surface area contributed by atoms with Crippen LogP contribution in [0.25, 0.3) is 0 Å². The molecule has 0 radical (unpaired) electrons. The lowest BCUT2D eigenvalue weighted by molar-refractivity contribution is -0.106. The maximum atomic E-state index is 5.91. The van der Waals surface area contributed by atoms with Crippen LogP contribution >= 0.6 is 0 Å². The van der Waals surface area contributed by atoms with Gasteiger partial charge in [-0.05, 0) is 12.8 Å². The first kappa shape index (κ1) is 12.9. The molecule has 0 aromatic heterocycles. The molecule has 0 bridgehead atoms. The van der Waals surface area contributed by atoms with Gasteiger partial charge in [0.15, 0.2) is 0 Å². The number of ether oxygens (including phenoxy) is 3. The minimum absolute atomic E-state index is 0.120. The summed E-state index contributed by atoms with van der Waals surface area (Å²) in [6.45, 7) is 3.73. The second kappa shape index (κ2) is 7.17. The molecule has 15 heavy (non-hydrogen) atoms. The van der Waals surface area contributed by atoms with Gasteiger partial charge in [0.1, 0.15) is 0 Å². The summed E-state index contributed by atoms with van der Waals surface area (Å²) in [6, 6.07) is 0. The Bertz CT molecular complexity index is 158. The Labute approximate surface area is 92.1 Å². The van der Waals surface area contributed by atoms with E-state index < -0.39 is 0 Å². The second-order valence-corrected chi connectivity index (χ2v) is 4.05.